The van der Waals surface area contributed by atoms with Gasteiger partial charge < -0.3 is 0 Å². The van der Waals surface area contributed by atoms with Crippen molar-refractivity contribution in [1.29, 1.82) is 0 Å². The van der Waals surface area contributed by atoms with Crippen molar-refractivity contribution in [3.63, 3.8) is 0 Å². The van der Waals surface area contributed by atoms with Crippen LogP contribution < -0.4 is 5.56 Å². The van der Waals surface area contributed by atoms with Gasteiger partial charge in [0, 0.05) is 21.6 Å². The Kier molecular flexibility index (Phi) is 5.96. The van der Waals surface area contributed by atoms with Gasteiger partial charge >= 0.3 is 0 Å². The molecule has 0 aliphatic rings. The third-order valence-corrected chi connectivity index (χ3v) is 5.60. The van der Waals surface area contributed by atoms with Gasteiger partial charge in [0.05, 0.1) is 16.7 Å². The number of allylic oxidation sites excluding steroid dienone is 1. The van der Waals surface area contributed by atoms with Gasteiger partial charge in [0.1, 0.15) is 0 Å². The SMILES string of the molecule is C=CCn1c(SCC(=O)c2ccccc2Br)nc2ccc(Cl)cc2c1=O. The minimum Gasteiger partial charge on any atom is -0.293 e. The summed E-state index contributed by atoms with van der Waals surface area (Å²) in [5.41, 5.74) is 0.953. The molecular formula is C19H14BrClN2O2S. The maximum atomic E-state index is 12.8. The molecule has 3 rings (SSSR count). The molecule has 1 aromatic heterocycles. The minimum absolute atomic E-state index is 0.0434. The summed E-state index contributed by atoms with van der Waals surface area (Å²) in [7, 11) is 0. The molecular weight excluding hydrogens is 436 g/mol. The zero-order valence-electron chi connectivity index (χ0n) is 13.6. The Morgan fingerprint density at radius 1 is 1.31 bits per heavy atom. The highest BCUT2D eigenvalue weighted by Gasteiger charge is 2.15. The average molecular weight is 450 g/mol. The largest absolute Gasteiger partial charge is 0.293 e. The average Bonchev–Trinajstić information content (AvgIpc) is 2.63. The van der Waals surface area contributed by atoms with Gasteiger partial charge in [-0.1, -0.05) is 63.6 Å². The number of thioether (sulfide) groups is 1. The van der Waals surface area contributed by atoms with Crippen molar-refractivity contribution >= 4 is 56.0 Å². The molecule has 0 radical (unpaired) electrons. The van der Waals surface area contributed by atoms with Gasteiger partial charge in [-0.3, -0.25) is 14.2 Å². The fourth-order valence-corrected chi connectivity index (χ4v) is 4.04. The van der Waals surface area contributed by atoms with Gasteiger partial charge in [0.2, 0.25) is 0 Å². The number of aromatic nitrogens is 2. The van der Waals surface area contributed by atoms with Crippen LogP contribution >= 0.6 is 39.3 Å². The predicted octanol–water partition coefficient (Wildman–Crippen LogP) is 4.97. The molecule has 2 aromatic carbocycles. The van der Waals surface area contributed by atoms with Crippen molar-refractivity contribution in [3.05, 3.63) is 80.5 Å². The summed E-state index contributed by atoms with van der Waals surface area (Å²) in [6, 6.07) is 12.3. The smallest absolute Gasteiger partial charge is 0.262 e. The number of carbonyl (C=O) groups is 1. The summed E-state index contributed by atoms with van der Waals surface area (Å²) in [4.78, 5) is 29.8. The fourth-order valence-electron chi connectivity index (χ4n) is 2.47. The van der Waals surface area contributed by atoms with Crippen molar-refractivity contribution < 1.29 is 4.79 Å². The van der Waals surface area contributed by atoms with E-state index in [0.717, 1.165) is 4.47 Å². The number of nitrogens with zero attached hydrogens (tertiary/aromatic N) is 2. The Labute approximate surface area is 168 Å². The molecule has 0 spiro atoms. The topological polar surface area (TPSA) is 52.0 Å². The van der Waals surface area contributed by atoms with Crippen LogP contribution in [-0.2, 0) is 6.54 Å². The number of hydrogen-bond donors (Lipinski definition) is 0. The van der Waals surface area contributed by atoms with Crippen LogP contribution in [0.3, 0.4) is 0 Å². The number of ketones is 1. The molecule has 26 heavy (non-hydrogen) atoms. The summed E-state index contributed by atoms with van der Waals surface area (Å²) in [5.74, 6) is 0.128. The standard InChI is InChI=1S/C19H14BrClN2O2S/c1-2-9-23-18(25)14-10-12(21)7-8-16(14)22-19(23)26-11-17(24)13-5-3-4-6-15(13)20/h2-8,10H,1,9,11H2. The second-order valence-corrected chi connectivity index (χ2v) is 7.69. The lowest BCUT2D eigenvalue weighted by Gasteiger charge is -2.11. The van der Waals surface area contributed by atoms with E-state index >= 15 is 0 Å². The van der Waals surface area contributed by atoms with Gasteiger partial charge in [-0.05, 0) is 24.3 Å². The van der Waals surface area contributed by atoms with Crippen LogP contribution in [0.25, 0.3) is 10.9 Å². The van der Waals surface area contributed by atoms with Gasteiger partial charge in [-0.15, -0.1) is 6.58 Å². The summed E-state index contributed by atoms with van der Waals surface area (Å²) in [6.45, 7) is 4.00. The lowest BCUT2D eigenvalue weighted by atomic mass is 10.1. The summed E-state index contributed by atoms with van der Waals surface area (Å²) >= 11 is 10.6. The molecule has 1 heterocycles. The first-order valence-electron chi connectivity index (χ1n) is 7.73. The molecule has 0 unspecified atom stereocenters. The molecule has 0 saturated heterocycles. The summed E-state index contributed by atoms with van der Waals surface area (Å²) in [5, 5.41) is 1.40. The van der Waals surface area contributed by atoms with Gasteiger partial charge in [-0.25, -0.2) is 4.98 Å². The third kappa shape index (κ3) is 3.92. The Bertz CT molecular complexity index is 1070. The molecule has 0 amide bonds. The van der Waals surface area contributed by atoms with Crippen LogP contribution in [0.5, 0.6) is 0 Å². The number of carbonyl (C=O) groups excluding carboxylic acids is 1. The molecule has 132 valence electrons. The Balaban J connectivity index is 1.96. The van der Waals surface area contributed by atoms with Crippen molar-refractivity contribution in [2.45, 2.75) is 11.7 Å². The highest BCUT2D eigenvalue weighted by atomic mass is 79.9. The molecule has 0 atom stereocenters. The number of rotatable bonds is 6. The lowest BCUT2D eigenvalue weighted by Crippen LogP contribution is -2.23. The van der Waals surface area contributed by atoms with Crippen LogP contribution in [0.4, 0.5) is 0 Å². The molecule has 0 bridgehead atoms. The third-order valence-electron chi connectivity index (χ3n) is 3.70. The molecule has 0 N–H and O–H groups in total. The molecule has 0 fully saturated rings. The Morgan fingerprint density at radius 2 is 2.08 bits per heavy atom. The van der Waals surface area contributed by atoms with Crippen molar-refractivity contribution in [1.82, 2.24) is 9.55 Å². The first kappa shape index (κ1) is 18.9. The highest BCUT2D eigenvalue weighted by molar-refractivity contribution is 9.10. The van der Waals surface area contributed by atoms with E-state index < -0.39 is 0 Å². The van der Waals surface area contributed by atoms with E-state index in [1.165, 1.54) is 16.3 Å². The molecule has 7 heteroatoms. The molecule has 0 aliphatic carbocycles. The van der Waals surface area contributed by atoms with Crippen LogP contribution in [0.2, 0.25) is 5.02 Å². The van der Waals surface area contributed by atoms with Gasteiger partial charge in [0.25, 0.3) is 5.56 Å². The van der Waals surface area contributed by atoms with E-state index in [9.17, 15) is 9.59 Å². The van der Waals surface area contributed by atoms with Crippen molar-refractivity contribution in [2.24, 2.45) is 0 Å². The van der Waals surface area contributed by atoms with Gasteiger partial charge in [0.15, 0.2) is 10.9 Å². The molecule has 3 aromatic rings. The second kappa shape index (κ2) is 8.20. The van der Waals surface area contributed by atoms with Crippen molar-refractivity contribution in [3.8, 4) is 0 Å². The lowest BCUT2D eigenvalue weighted by molar-refractivity contribution is 0.102. The zero-order chi connectivity index (χ0) is 18.7. The number of benzene rings is 2. The predicted molar refractivity (Wildman–Crippen MR) is 110 cm³/mol. The van der Waals surface area contributed by atoms with Crippen LogP contribution in [0.15, 0.2) is 69.5 Å². The Morgan fingerprint density at radius 3 is 2.81 bits per heavy atom. The van der Waals surface area contributed by atoms with Crippen molar-refractivity contribution in [2.75, 3.05) is 5.75 Å². The first-order valence-corrected chi connectivity index (χ1v) is 9.88. The minimum atomic E-state index is -0.201. The monoisotopic (exact) mass is 448 g/mol. The number of fused-ring (bicyclic) bond motifs is 1. The normalized spacial score (nSPS) is 10.8. The highest BCUT2D eigenvalue weighted by Crippen LogP contribution is 2.23. The van der Waals surface area contributed by atoms with E-state index in [0.29, 0.717) is 33.2 Å². The first-order chi connectivity index (χ1) is 12.5. The van der Waals surface area contributed by atoms with Crippen LogP contribution in [0, 0.1) is 0 Å². The molecule has 0 saturated carbocycles. The number of Topliss-reactive ketones (excluding diaryl/α,β-unsaturated/α-hetero) is 1. The molecule has 4 nitrogen and oxygen atoms in total. The maximum Gasteiger partial charge on any atom is 0.262 e. The quantitative estimate of drug-likeness (QED) is 0.231. The Hall–Kier alpha value is -1.89. The van der Waals surface area contributed by atoms with E-state index in [1.807, 2.05) is 18.2 Å². The van der Waals surface area contributed by atoms with Crippen LogP contribution in [0.1, 0.15) is 10.4 Å². The summed E-state index contributed by atoms with van der Waals surface area (Å²) in [6.07, 6.45) is 1.62. The number of halogens is 2. The zero-order valence-corrected chi connectivity index (χ0v) is 16.8. The number of hydrogen-bond acceptors (Lipinski definition) is 4. The van der Waals surface area contributed by atoms with Gasteiger partial charge in [-0.2, -0.15) is 0 Å². The van der Waals surface area contributed by atoms with E-state index in [1.54, 1.807) is 30.3 Å². The molecule has 0 aliphatic heterocycles. The van der Waals surface area contributed by atoms with E-state index in [4.69, 9.17) is 11.6 Å². The fraction of sp³-hybridized carbons (Fsp3) is 0.105. The maximum absolute atomic E-state index is 12.8. The second-order valence-electron chi connectivity index (χ2n) is 5.45. The van der Waals surface area contributed by atoms with E-state index in [-0.39, 0.29) is 17.1 Å². The summed E-state index contributed by atoms with van der Waals surface area (Å²) < 4.78 is 2.25. The van der Waals surface area contributed by atoms with Crippen LogP contribution in [-0.4, -0.2) is 21.1 Å². The van der Waals surface area contributed by atoms with E-state index in [2.05, 4.69) is 27.5 Å².